The molecule has 0 spiro atoms. The Morgan fingerprint density at radius 3 is 2.82 bits per heavy atom. The van der Waals surface area contributed by atoms with Gasteiger partial charge in [-0.3, -0.25) is 4.79 Å². The van der Waals surface area contributed by atoms with Gasteiger partial charge in [-0.15, -0.1) is 0 Å². The monoisotopic (exact) mass is 253 g/mol. The molecule has 4 N–H and O–H groups in total. The van der Waals surface area contributed by atoms with Gasteiger partial charge in [0.25, 0.3) is 0 Å². The number of amides is 1. The van der Waals surface area contributed by atoms with E-state index in [1.807, 2.05) is 6.07 Å². The average Bonchev–Trinajstić information content (AvgIpc) is 2.73. The van der Waals surface area contributed by atoms with Crippen molar-refractivity contribution in [2.75, 3.05) is 6.54 Å². The zero-order valence-electron chi connectivity index (χ0n) is 8.80. The highest BCUT2D eigenvalue weighted by Crippen LogP contribution is 2.17. The summed E-state index contributed by atoms with van der Waals surface area (Å²) < 4.78 is 25.7. The van der Waals surface area contributed by atoms with Crippen LogP contribution in [0.1, 0.15) is 0 Å². The molecule has 0 saturated carbocycles. The topological polar surface area (TPSA) is 105 Å². The molecule has 0 saturated heterocycles. The number of hydrogen-bond acceptors (Lipinski definition) is 3. The van der Waals surface area contributed by atoms with Crippen LogP contribution in [0.15, 0.2) is 35.4 Å². The minimum atomic E-state index is -3.70. The molecule has 7 heteroatoms. The van der Waals surface area contributed by atoms with Gasteiger partial charge in [-0.25, -0.2) is 13.1 Å². The van der Waals surface area contributed by atoms with Gasteiger partial charge in [0.05, 0.1) is 11.4 Å². The summed E-state index contributed by atoms with van der Waals surface area (Å²) >= 11 is 0. The maximum absolute atomic E-state index is 11.8. The van der Waals surface area contributed by atoms with Crippen molar-refractivity contribution in [1.29, 1.82) is 0 Å². The summed E-state index contributed by atoms with van der Waals surface area (Å²) in [5.41, 5.74) is 5.59. The molecule has 0 atom stereocenters. The highest BCUT2D eigenvalue weighted by molar-refractivity contribution is 7.89. The molecular weight excluding hydrogens is 242 g/mol. The number of aromatic amines is 1. The number of nitrogens with two attached hydrogens (primary N) is 1. The summed E-state index contributed by atoms with van der Waals surface area (Å²) in [4.78, 5) is 13.5. The van der Waals surface area contributed by atoms with Crippen LogP contribution in [0, 0.1) is 0 Å². The number of carbonyl (C=O) groups is 1. The number of fused-ring (bicyclic) bond motifs is 1. The van der Waals surface area contributed by atoms with Gasteiger partial charge in [-0.2, -0.15) is 0 Å². The summed E-state index contributed by atoms with van der Waals surface area (Å²) in [6.45, 7) is -0.412. The van der Waals surface area contributed by atoms with Gasteiger partial charge in [-0.1, -0.05) is 6.07 Å². The van der Waals surface area contributed by atoms with Crippen LogP contribution in [-0.2, 0) is 14.8 Å². The number of sulfonamides is 1. The second-order valence-electron chi connectivity index (χ2n) is 3.52. The number of rotatable bonds is 4. The predicted molar refractivity (Wildman–Crippen MR) is 62.7 cm³/mol. The van der Waals surface area contributed by atoms with Crippen LogP contribution < -0.4 is 10.5 Å². The van der Waals surface area contributed by atoms with E-state index < -0.39 is 22.5 Å². The van der Waals surface area contributed by atoms with Crippen LogP contribution in [0.2, 0.25) is 0 Å². The van der Waals surface area contributed by atoms with Crippen LogP contribution in [0.25, 0.3) is 10.9 Å². The fourth-order valence-electron chi connectivity index (χ4n) is 1.44. The molecule has 0 aliphatic rings. The molecule has 0 fully saturated rings. The number of nitrogens with one attached hydrogen (secondary N) is 2. The Kier molecular flexibility index (Phi) is 2.86. The van der Waals surface area contributed by atoms with E-state index in [0.29, 0.717) is 5.52 Å². The Bertz CT molecular complexity index is 660. The van der Waals surface area contributed by atoms with E-state index >= 15 is 0 Å². The molecule has 1 aromatic heterocycles. The number of benzene rings is 1. The minimum Gasteiger partial charge on any atom is -0.369 e. The molecule has 0 unspecified atom stereocenters. The lowest BCUT2D eigenvalue weighted by molar-refractivity contribution is -0.116. The van der Waals surface area contributed by atoms with Gasteiger partial charge >= 0.3 is 0 Å². The molecule has 6 nitrogen and oxygen atoms in total. The van der Waals surface area contributed by atoms with E-state index in [2.05, 4.69) is 9.71 Å². The lowest BCUT2D eigenvalue weighted by Gasteiger charge is -2.04. The molecule has 90 valence electrons. The van der Waals surface area contributed by atoms with Crippen molar-refractivity contribution < 1.29 is 13.2 Å². The maximum atomic E-state index is 11.8. The van der Waals surface area contributed by atoms with Gasteiger partial charge in [0.1, 0.15) is 0 Å². The van der Waals surface area contributed by atoms with Crippen LogP contribution in [0.4, 0.5) is 0 Å². The minimum absolute atomic E-state index is 0.0914. The SMILES string of the molecule is NC(=O)CNS(=O)(=O)c1ccc2cc[nH]c2c1. The molecule has 2 rings (SSSR count). The van der Waals surface area contributed by atoms with Crippen molar-refractivity contribution in [2.24, 2.45) is 5.73 Å². The Balaban J connectivity index is 2.34. The summed E-state index contributed by atoms with van der Waals surface area (Å²) in [7, 11) is -3.70. The number of primary amides is 1. The van der Waals surface area contributed by atoms with E-state index in [4.69, 9.17) is 5.73 Å². The zero-order chi connectivity index (χ0) is 12.5. The third-order valence-electron chi connectivity index (χ3n) is 2.27. The Morgan fingerprint density at radius 2 is 2.12 bits per heavy atom. The summed E-state index contributed by atoms with van der Waals surface area (Å²) in [5.74, 6) is -0.727. The zero-order valence-corrected chi connectivity index (χ0v) is 9.62. The molecule has 0 bridgehead atoms. The third-order valence-corrected chi connectivity index (χ3v) is 3.67. The number of carbonyl (C=O) groups excluding carboxylic acids is 1. The smallest absolute Gasteiger partial charge is 0.241 e. The van der Waals surface area contributed by atoms with E-state index in [-0.39, 0.29) is 4.90 Å². The molecule has 0 radical (unpaired) electrons. The summed E-state index contributed by atoms with van der Waals surface area (Å²) in [5, 5.41) is 0.916. The molecule has 1 heterocycles. The van der Waals surface area contributed by atoms with E-state index in [1.165, 1.54) is 12.1 Å². The summed E-state index contributed by atoms with van der Waals surface area (Å²) in [6.07, 6.45) is 1.72. The molecule has 0 aliphatic heterocycles. The fourth-order valence-corrected chi connectivity index (χ4v) is 2.46. The lowest BCUT2D eigenvalue weighted by Crippen LogP contribution is -2.33. The van der Waals surface area contributed by atoms with Crippen LogP contribution in [0.3, 0.4) is 0 Å². The van der Waals surface area contributed by atoms with Crippen molar-refractivity contribution in [1.82, 2.24) is 9.71 Å². The number of H-pyrrole nitrogens is 1. The molecule has 1 aromatic carbocycles. The standard InChI is InChI=1S/C10H11N3O3S/c11-10(14)6-13-17(15,16)8-2-1-7-3-4-12-9(7)5-8/h1-5,12-13H,6H2,(H2,11,14). The predicted octanol–water partition coefficient (Wildman–Crippen LogP) is -0.0685. The highest BCUT2D eigenvalue weighted by Gasteiger charge is 2.15. The van der Waals surface area contributed by atoms with Crippen molar-refractivity contribution in [3.8, 4) is 0 Å². The molecule has 17 heavy (non-hydrogen) atoms. The van der Waals surface area contributed by atoms with Gasteiger partial charge < -0.3 is 10.7 Å². The molecule has 0 aliphatic carbocycles. The Morgan fingerprint density at radius 1 is 1.35 bits per heavy atom. The maximum Gasteiger partial charge on any atom is 0.241 e. The van der Waals surface area contributed by atoms with Gasteiger partial charge in [0.15, 0.2) is 0 Å². The van der Waals surface area contributed by atoms with Crippen molar-refractivity contribution in [3.05, 3.63) is 30.5 Å². The van der Waals surface area contributed by atoms with Crippen LogP contribution in [0.5, 0.6) is 0 Å². The summed E-state index contributed by atoms with van der Waals surface area (Å²) in [6, 6.07) is 6.49. The number of hydrogen-bond donors (Lipinski definition) is 3. The van der Waals surface area contributed by atoms with Crippen molar-refractivity contribution in [3.63, 3.8) is 0 Å². The van der Waals surface area contributed by atoms with Crippen LogP contribution >= 0.6 is 0 Å². The second kappa shape index (κ2) is 4.19. The first kappa shape index (κ1) is 11.6. The van der Waals surface area contributed by atoms with E-state index in [0.717, 1.165) is 5.39 Å². The van der Waals surface area contributed by atoms with E-state index in [1.54, 1.807) is 12.3 Å². The Labute approximate surface area is 97.9 Å². The quantitative estimate of drug-likeness (QED) is 0.710. The lowest BCUT2D eigenvalue weighted by atomic mass is 10.2. The third kappa shape index (κ3) is 2.45. The number of aromatic nitrogens is 1. The van der Waals surface area contributed by atoms with Crippen molar-refractivity contribution >= 4 is 26.8 Å². The second-order valence-corrected chi connectivity index (χ2v) is 5.28. The van der Waals surface area contributed by atoms with Gasteiger partial charge in [0.2, 0.25) is 15.9 Å². The normalized spacial score (nSPS) is 11.8. The Hall–Kier alpha value is -1.86. The van der Waals surface area contributed by atoms with E-state index in [9.17, 15) is 13.2 Å². The average molecular weight is 253 g/mol. The van der Waals surface area contributed by atoms with Crippen LogP contribution in [-0.4, -0.2) is 25.9 Å². The first-order chi connectivity index (χ1) is 7.99. The fraction of sp³-hybridized carbons (Fsp3) is 0.100. The van der Waals surface area contributed by atoms with Gasteiger partial charge in [-0.05, 0) is 23.6 Å². The molecule has 1 amide bonds. The first-order valence-corrected chi connectivity index (χ1v) is 6.32. The largest absolute Gasteiger partial charge is 0.369 e. The molecular formula is C10H11N3O3S. The highest BCUT2D eigenvalue weighted by atomic mass is 32.2. The first-order valence-electron chi connectivity index (χ1n) is 4.84. The van der Waals surface area contributed by atoms with Crippen molar-refractivity contribution in [2.45, 2.75) is 4.90 Å². The van der Waals surface area contributed by atoms with Gasteiger partial charge in [0, 0.05) is 11.7 Å². The molecule has 2 aromatic rings.